The maximum Gasteiger partial charge on any atom is 0.233 e. The van der Waals surface area contributed by atoms with Gasteiger partial charge in [0.1, 0.15) is 0 Å². The van der Waals surface area contributed by atoms with Crippen molar-refractivity contribution in [2.24, 2.45) is 5.92 Å². The molecule has 2 N–H and O–H groups in total. The molecule has 0 aromatic carbocycles. The van der Waals surface area contributed by atoms with Crippen molar-refractivity contribution in [3.63, 3.8) is 0 Å². The minimum absolute atomic E-state index is 0.129. The highest BCUT2D eigenvalue weighted by molar-refractivity contribution is 5.77. The summed E-state index contributed by atoms with van der Waals surface area (Å²) in [5.74, 6) is 0.983. The van der Waals surface area contributed by atoms with Crippen LogP contribution in [-0.4, -0.2) is 25.0 Å². The summed E-state index contributed by atoms with van der Waals surface area (Å²) < 4.78 is 0. The Hall–Kier alpha value is -0.570. The molecule has 0 aliphatic heterocycles. The van der Waals surface area contributed by atoms with Gasteiger partial charge in [-0.25, -0.2) is 0 Å². The number of carbonyl (C=O) groups is 1. The topological polar surface area (TPSA) is 41.1 Å². The van der Waals surface area contributed by atoms with E-state index < -0.39 is 0 Å². The summed E-state index contributed by atoms with van der Waals surface area (Å²) in [6.45, 7) is 5.40. The molecular weight excluding hydrogens is 200 g/mol. The molecule has 0 radical (unpaired) electrons. The van der Waals surface area contributed by atoms with Crippen LogP contribution in [0.3, 0.4) is 0 Å². The van der Waals surface area contributed by atoms with Gasteiger partial charge >= 0.3 is 0 Å². The number of hydrogen-bond donors (Lipinski definition) is 2. The third-order valence-electron chi connectivity index (χ3n) is 3.27. The molecule has 16 heavy (non-hydrogen) atoms. The van der Waals surface area contributed by atoms with E-state index in [1.807, 2.05) is 0 Å². The number of rotatable bonds is 6. The standard InChI is InChI=1S/C13H26N2O/c1-11(2)15-10-13(16)14-9-8-12-6-4-3-5-7-12/h11-12,15H,3-10H2,1-2H3,(H,14,16). The van der Waals surface area contributed by atoms with Crippen LogP contribution in [-0.2, 0) is 4.79 Å². The average Bonchev–Trinajstić information content (AvgIpc) is 2.28. The Morgan fingerprint density at radius 3 is 2.56 bits per heavy atom. The van der Waals surface area contributed by atoms with Gasteiger partial charge in [-0.3, -0.25) is 4.79 Å². The smallest absolute Gasteiger partial charge is 0.233 e. The highest BCUT2D eigenvalue weighted by Crippen LogP contribution is 2.25. The molecule has 1 fully saturated rings. The first kappa shape index (κ1) is 13.5. The SMILES string of the molecule is CC(C)NCC(=O)NCCC1CCCCC1. The highest BCUT2D eigenvalue weighted by atomic mass is 16.1. The van der Waals surface area contributed by atoms with E-state index in [-0.39, 0.29) is 5.91 Å². The van der Waals surface area contributed by atoms with E-state index in [2.05, 4.69) is 24.5 Å². The van der Waals surface area contributed by atoms with Crippen molar-refractivity contribution in [1.29, 1.82) is 0 Å². The minimum Gasteiger partial charge on any atom is -0.355 e. The first-order valence-electron chi connectivity index (χ1n) is 6.68. The van der Waals surface area contributed by atoms with Crippen LogP contribution >= 0.6 is 0 Å². The van der Waals surface area contributed by atoms with Crippen molar-refractivity contribution in [3.05, 3.63) is 0 Å². The Bertz CT molecular complexity index is 198. The molecule has 94 valence electrons. The third-order valence-corrected chi connectivity index (χ3v) is 3.27. The Labute approximate surface area is 99.4 Å². The van der Waals surface area contributed by atoms with Crippen molar-refractivity contribution >= 4 is 5.91 Å². The van der Waals surface area contributed by atoms with Crippen molar-refractivity contribution in [3.8, 4) is 0 Å². The maximum absolute atomic E-state index is 11.4. The molecule has 1 saturated carbocycles. The summed E-state index contributed by atoms with van der Waals surface area (Å²) in [6.07, 6.45) is 8.05. The Morgan fingerprint density at radius 1 is 1.25 bits per heavy atom. The fourth-order valence-electron chi connectivity index (χ4n) is 2.25. The number of carbonyl (C=O) groups excluding carboxylic acids is 1. The second-order valence-electron chi connectivity index (χ2n) is 5.18. The zero-order chi connectivity index (χ0) is 11.8. The van der Waals surface area contributed by atoms with Crippen LogP contribution in [0.1, 0.15) is 52.4 Å². The average molecular weight is 226 g/mol. The summed E-state index contributed by atoms with van der Waals surface area (Å²) in [7, 11) is 0. The van der Waals surface area contributed by atoms with E-state index in [1.54, 1.807) is 0 Å². The highest BCUT2D eigenvalue weighted by Gasteiger charge is 2.13. The normalized spacial score (nSPS) is 17.7. The molecule has 1 amide bonds. The van der Waals surface area contributed by atoms with E-state index in [4.69, 9.17) is 0 Å². The van der Waals surface area contributed by atoms with Gasteiger partial charge in [0.05, 0.1) is 6.54 Å². The Kier molecular flexibility index (Phi) is 6.46. The third kappa shape index (κ3) is 6.11. The monoisotopic (exact) mass is 226 g/mol. The first-order valence-corrected chi connectivity index (χ1v) is 6.68. The van der Waals surface area contributed by atoms with Gasteiger partial charge in [-0.15, -0.1) is 0 Å². The van der Waals surface area contributed by atoms with E-state index >= 15 is 0 Å². The summed E-state index contributed by atoms with van der Waals surface area (Å²) in [6, 6.07) is 0.379. The molecule has 0 bridgehead atoms. The van der Waals surface area contributed by atoms with Gasteiger partial charge in [0.25, 0.3) is 0 Å². The van der Waals surface area contributed by atoms with Crippen molar-refractivity contribution in [2.45, 2.75) is 58.4 Å². The predicted molar refractivity (Wildman–Crippen MR) is 67.3 cm³/mol. The van der Waals surface area contributed by atoms with Crippen molar-refractivity contribution in [1.82, 2.24) is 10.6 Å². The zero-order valence-electron chi connectivity index (χ0n) is 10.7. The van der Waals surface area contributed by atoms with Gasteiger partial charge in [0, 0.05) is 12.6 Å². The van der Waals surface area contributed by atoms with Crippen LogP contribution in [0.5, 0.6) is 0 Å². The summed E-state index contributed by atoms with van der Waals surface area (Å²) in [4.78, 5) is 11.4. The molecule has 1 aliphatic rings. The van der Waals surface area contributed by atoms with E-state index in [1.165, 1.54) is 32.1 Å². The van der Waals surface area contributed by atoms with Crippen LogP contribution in [0.4, 0.5) is 0 Å². The van der Waals surface area contributed by atoms with E-state index in [0.717, 1.165) is 18.9 Å². The van der Waals surface area contributed by atoms with E-state index in [0.29, 0.717) is 12.6 Å². The summed E-state index contributed by atoms with van der Waals surface area (Å²) in [5.41, 5.74) is 0. The zero-order valence-corrected chi connectivity index (χ0v) is 10.7. The lowest BCUT2D eigenvalue weighted by molar-refractivity contribution is -0.120. The molecule has 0 saturated heterocycles. The predicted octanol–water partition coefficient (Wildman–Crippen LogP) is 2.07. The lowest BCUT2D eigenvalue weighted by atomic mass is 9.87. The van der Waals surface area contributed by atoms with E-state index in [9.17, 15) is 4.79 Å². The Morgan fingerprint density at radius 2 is 1.94 bits per heavy atom. The van der Waals surface area contributed by atoms with Crippen molar-refractivity contribution in [2.75, 3.05) is 13.1 Å². The minimum atomic E-state index is 0.129. The Balaban J connectivity index is 1.99. The largest absolute Gasteiger partial charge is 0.355 e. The molecule has 0 spiro atoms. The molecule has 0 unspecified atom stereocenters. The van der Waals surface area contributed by atoms with Gasteiger partial charge in [-0.05, 0) is 12.3 Å². The van der Waals surface area contributed by atoms with Gasteiger partial charge in [0.2, 0.25) is 5.91 Å². The quantitative estimate of drug-likeness (QED) is 0.728. The molecule has 1 aliphatic carbocycles. The van der Waals surface area contributed by atoms with Gasteiger partial charge in [-0.1, -0.05) is 46.0 Å². The van der Waals surface area contributed by atoms with Crippen LogP contribution < -0.4 is 10.6 Å². The fourth-order valence-corrected chi connectivity index (χ4v) is 2.25. The maximum atomic E-state index is 11.4. The molecular formula is C13H26N2O. The van der Waals surface area contributed by atoms with Gasteiger partial charge in [0.15, 0.2) is 0 Å². The lowest BCUT2D eigenvalue weighted by Crippen LogP contribution is -2.37. The number of nitrogens with one attached hydrogen (secondary N) is 2. The molecule has 1 rings (SSSR count). The summed E-state index contributed by atoms with van der Waals surface area (Å²) >= 11 is 0. The second kappa shape index (κ2) is 7.66. The molecule has 0 aromatic heterocycles. The first-order chi connectivity index (χ1) is 7.68. The molecule has 0 aromatic rings. The molecule has 0 atom stereocenters. The summed E-state index contributed by atoms with van der Waals surface area (Å²) in [5, 5.41) is 6.11. The molecule has 0 heterocycles. The van der Waals surface area contributed by atoms with Crippen molar-refractivity contribution < 1.29 is 4.79 Å². The number of hydrogen-bond acceptors (Lipinski definition) is 2. The van der Waals surface area contributed by atoms with Crippen LogP contribution in [0.15, 0.2) is 0 Å². The van der Waals surface area contributed by atoms with Crippen LogP contribution in [0.25, 0.3) is 0 Å². The van der Waals surface area contributed by atoms with Crippen LogP contribution in [0.2, 0.25) is 0 Å². The second-order valence-corrected chi connectivity index (χ2v) is 5.18. The number of amides is 1. The fraction of sp³-hybridized carbons (Fsp3) is 0.923. The molecule has 3 heteroatoms. The molecule has 3 nitrogen and oxygen atoms in total. The van der Waals surface area contributed by atoms with Crippen LogP contribution in [0, 0.1) is 5.92 Å². The van der Waals surface area contributed by atoms with Gasteiger partial charge in [-0.2, -0.15) is 0 Å². The lowest BCUT2D eigenvalue weighted by Gasteiger charge is -2.21. The van der Waals surface area contributed by atoms with Gasteiger partial charge < -0.3 is 10.6 Å².